The predicted octanol–water partition coefficient (Wildman–Crippen LogP) is 4.31. The molecular weight excluding hydrogens is 270 g/mol. The molecule has 20 heavy (non-hydrogen) atoms. The molecule has 0 aliphatic carbocycles. The van der Waals surface area contributed by atoms with Gasteiger partial charge in [-0.3, -0.25) is 0 Å². The van der Waals surface area contributed by atoms with Gasteiger partial charge in [-0.25, -0.2) is 4.68 Å². The molecule has 0 saturated heterocycles. The molecule has 0 amide bonds. The van der Waals surface area contributed by atoms with E-state index in [-0.39, 0.29) is 5.41 Å². The molecule has 0 spiro atoms. The Morgan fingerprint density at radius 3 is 2.20 bits per heavy atom. The van der Waals surface area contributed by atoms with E-state index in [1.54, 1.807) is 4.68 Å². The van der Waals surface area contributed by atoms with Gasteiger partial charge >= 0.3 is 0 Å². The molecular formula is C16H22ClN3. The van der Waals surface area contributed by atoms with Crippen molar-refractivity contribution in [2.75, 3.05) is 5.73 Å². The number of aryl methyl sites for hydroxylation is 2. The lowest BCUT2D eigenvalue weighted by Gasteiger charge is -2.16. The summed E-state index contributed by atoms with van der Waals surface area (Å²) >= 11 is 6.34. The van der Waals surface area contributed by atoms with Crippen molar-refractivity contribution in [3.05, 3.63) is 40.0 Å². The maximum Gasteiger partial charge on any atom is 0.146 e. The highest BCUT2D eigenvalue weighted by Crippen LogP contribution is 2.31. The van der Waals surface area contributed by atoms with Crippen molar-refractivity contribution < 1.29 is 0 Å². The Morgan fingerprint density at radius 2 is 1.70 bits per heavy atom. The quantitative estimate of drug-likeness (QED) is 0.896. The number of hydrogen-bond donors (Lipinski definition) is 1. The van der Waals surface area contributed by atoms with Crippen LogP contribution in [0.5, 0.6) is 0 Å². The summed E-state index contributed by atoms with van der Waals surface area (Å²) < 4.78 is 1.74. The van der Waals surface area contributed by atoms with Crippen LogP contribution in [-0.4, -0.2) is 9.78 Å². The van der Waals surface area contributed by atoms with Crippen LogP contribution in [0.3, 0.4) is 0 Å². The van der Waals surface area contributed by atoms with Crippen molar-refractivity contribution >= 4 is 17.4 Å². The molecule has 1 heterocycles. The van der Waals surface area contributed by atoms with Crippen LogP contribution in [0.25, 0.3) is 5.69 Å². The summed E-state index contributed by atoms with van der Waals surface area (Å²) in [7, 11) is 0. The molecule has 0 bridgehead atoms. The third-order valence-corrected chi connectivity index (χ3v) is 3.49. The largest absolute Gasteiger partial charge is 0.382 e. The first-order valence-electron chi connectivity index (χ1n) is 6.79. The lowest BCUT2D eigenvalue weighted by atomic mass is 9.91. The van der Waals surface area contributed by atoms with Crippen LogP contribution < -0.4 is 5.73 Å². The third kappa shape index (κ3) is 3.15. The normalized spacial score (nSPS) is 11.9. The molecule has 4 heteroatoms. The van der Waals surface area contributed by atoms with Gasteiger partial charge in [0.1, 0.15) is 10.8 Å². The Morgan fingerprint density at radius 1 is 1.15 bits per heavy atom. The lowest BCUT2D eigenvalue weighted by Crippen LogP contribution is -2.10. The smallest absolute Gasteiger partial charge is 0.146 e. The summed E-state index contributed by atoms with van der Waals surface area (Å²) in [6.07, 6.45) is 0.799. The Hall–Kier alpha value is -1.48. The topological polar surface area (TPSA) is 43.8 Å². The molecule has 3 nitrogen and oxygen atoms in total. The van der Waals surface area contributed by atoms with Crippen molar-refractivity contribution in [1.29, 1.82) is 0 Å². The van der Waals surface area contributed by atoms with Gasteiger partial charge in [-0.15, -0.1) is 0 Å². The van der Waals surface area contributed by atoms with Gasteiger partial charge in [0.25, 0.3) is 0 Å². The van der Waals surface area contributed by atoms with E-state index in [2.05, 4.69) is 57.9 Å². The zero-order chi connectivity index (χ0) is 15.1. The molecule has 1 aromatic carbocycles. The highest BCUT2D eigenvalue weighted by atomic mass is 35.5. The minimum Gasteiger partial charge on any atom is -0.382 e. The SMILES string of the molecule is Cc1cc(C)cc(-n2nc(CC(C)(C)C)c(Cl)c2N)c1. The molecule has 108 valence electrons. The Bertz CT molecular complexity index is 616. The molecule has 0 aliphatic heterocycles. The van der Waals surface area contributed by atoms with Crippen molar-refractivity contribution in [2.45, 2.75) is 41.0 Å². The van der Waals surface area contributed by atoms with E-state index in [1.165, 1.54) is 11.1 Å². The van der Waals surface area contributed by atoms with Crippen molar-refractivity contribution in [2.24, 2.45) is 5.41 Å². The summed E-state index contributed by atoms with van der Waals surface area (Å²) in [5.41, 5.74) is 10.4. The number of anilines is 1. The average Bonchev–Trinajstić information content (AvgIpc) is 2.54. The summed E-state index contributed by atoms with van der Waals surface area (Å²) in [6, 6.07) is 6.25. The molecule has 1 aromatic heterocycles. The van der Waals surface area contributed by atoms with E-state index in [1.807, 2.05) is 0 Å². The second-order valence-electron chi connectivity index (χ2n) is 6.64. The summed E-state index contributed by atoms with van der Waals surface area (Å²) in [5.74, 6) is 0.510. The van der Waals surface area contributed by atoms with Crippen LogP contribution >= 0.6 is 11.6 Å². The molecule has 0 radical (unpaired) electrons. The van der Waals surface area contributed by atoms with E-state index in [0.29, 0.717) is 10.8 Å². The second kappa shape index (κ2) is 5.13. The number of rotatable bonds is 2. The first-order chi connectivity index (χ1) is 9.17. The number of nitrogens with zero attached hydrogens (tertiary/aromatic N) is 2. The fraction of sp³-hybridized carbons (Fsp3) is 0.438. The first-order valence-corrected chi connectivity index (χ1v) is 7.17. The van der Waals surface area contributed by atoms with Gasteiger partial charge in [-0.2, -0.15) is 5.10 Å². The zero-order valence-corrected chi connectivity index (χ0v) is 13.5. The Balaban J connectivity index is 2.50. The van der Waals surface area contributed by atoms with Crippen molar-refractivity contribution in [3.63, 3.8) is 0 Å². The third-order valence-electron chi connectivity index (χ3n) is 3.08. The van der Waals surface area contributed by atoms with Crippen molar-refractivity contribution in [3.8, 4) is 5.69 Å². The van der Waals surface area contributed by atoms with E-state index in [9.17, 15) is 0 Å². The predicted molar refractivity (Wildman–Crippen MR) is 85.6 cm³/mol. The van der Waals surface area contributed by atoms with Gasteiger partial charge in [0.2, 0.25) is 0 Å². The number of hydrogen-bond acceptors (Lipinski definition) is 2. The number of halogens is 1. The highest BCUT2D eigenvalue weighted by molar-refractivity contribution is 6.33. The first kappa shape index (κ1) is 14.9. The molecule has 0 fully saturated rings. The minimum atomic E-state index is 0.123. The lowest BCUT2D eigenvalue weighted by molar-refractivity contribution is 0.405. The van der Waals surface area contributed by atoms with Crippen LogP contribution in [0.15, 0.2) is 18.2 Å². The van der Waals surface area contributed by atoms with E-state index >= 15 is 0 Å². The minimum absolute atomic E-state index is 0.123. The van der Waals surface area contributed by atoms with Crippen LogP contribution in [0.4, 0.5) is 5.82 Å². The van der Waals surface area contributed by atoms with E-state index in [0.717, 1.165) is 17.8 Å². The molecule has 0 atom stereocenters. The van der Waals surface area contributed by atoms with Gasteiger partial charge in [-0.05, 0) is 48.9 Å². The number of benzene rings is 1. The van der Waals surface area contributed by atoms with E-state index in [4.69, 9.17) is 17.3 Å². The monoisotopic (exact) mass is 291 g/mol. The maximum atomic E-state index is 6.34. The number of nitrogens with two attached hydrogens (primary N) is 1. The van der Waals surface area contributed by atoms with Gasteiger partial charge < -0.3 is 5.73 Å². The molecule has 2 N–H and O–H groups in total. The van der Waals surface area contributed by atoms with Crippen molar-refractivity contribution in [1.82, 2.24) is 9.78 Å². The second-order valence-corrected chi connectivity index (χ2v) is 7.02. The van der Waals surface area contributed by atoms with Gasteiger partial charge in [0.15, 0.2) is 0 Å². The highest BCUT2D eigenvalue weighted by Gasteiger charge is 2.20. The Kier molecular flexibility index (Phi) is 3.83. The molecule has 2 rings (SSSR count). The molecule has 0 unspecified atom stereocenters. The maximum absolute atomic E-state index is 6.34. The van der Waals surface area contributed by atoms with Crippen LogP contribution in [-0.2, 0) is 6.42 Å². The van der Waals surface area contributed by atoms with Crippen LogP contribution in [0.1, 0.15) is 37.6 Å². The standard InChI is InChI=1S/C16H22ClN3/c1-10-6-11(2)8-12(7-10)20-15(18)14(17)13(19-20)9-16(3,4)5/h6-8H,9,18H2,1-5H3. The number of aromatic nitrogens is 2. The van der Waals surface area contributed by atoms with Crippen LogP contribution in [0, 0.1) is 19.3 Å². The molecule has 0 aliphatic rings. The fourth-order valence-electron chi connectivity index (χ4n) is 2.34. The summed E-state index contributed by atoms with van der Waals surface area (Å²) in [6.45, 7) is 10.6. The molecule has 2 aromatic rings. The van der Waals surface area contributed by atoms with Gasteiger partial charge in [0.05, 0.1) is 11.4 Å². The fourth-order valence-corrected chi connectivity index (χ4v) is 2.53. The number of nitrogen functional groups attached to an aromatic ring is 1. The molecule has 0 saturated carbocycles. The van der Waals surface area contributed by atoms with Gasteiger partial charge in [0, 0.05) is 0 Å². The summed E-state index contributed by atoms with van der Waals surface area (Å²) in [4.78, 5) is 0. The average molecular weight is 292 g/mol. The van der Waals surface area contributed by atoms with Crippen LogP contribution in [0.2, 0.25) is 5.02 Å². The zero-order valence-electron chi connectivity index (χ0n) is 12.8. The Labute approximate surface area is 125 Å². The van der Waals surface area contributed by atoms with E-state index < -0.39 is 0 Å². The summed E-state index contributed by atoms with van der Waals surface area (Å²) in [5, 5.41) is 5.18. The van der Waals surface area contributed by atoms with Gasteiger partial charge in [-0.1, -0.05) is 38.4 Å².